The molecule has 0 bridgehead atoms. The van der Waals surface area contributed by atoms with Crippen LogP contribution in [0.15, 0.2) is 225 Å². The number of fused-ring (bicyclic) bond motifs is 4. The normalized spacial score (nSPS) is 12.0. The van der Waals surface area contributed by atoms with Gasteiger partial charge in [-0.25, -0.2) is 0 Å². The van der Waals surface area contributed by atoms with Crippen LogP contribution in [-0.2, 0) is 0 Å². The van der Waals surface area contributed by atoms with Crippen molar-refractivity contribution in [3.05, 3.63) is 247 Å². The summed E-state index contributed by atoms with van der Waals surface area (Å²) in [5.41, 5.74) is 15.0. The van der Waals surface area contributed by atoms with E-state index in [1.165, 1.54) is 71.4 Å². The van der Waals surface area contributed by atoms with E-state index >= 15 is 0 Å². The van der Waals surface area contributed by atoms with E-state index in [0.717, 1.165) is 49.2 Å². The molecule has 0 amide bonds. The van der Waals surface area contributed by atoms with Crippen molar-refractivity contribution in [3.63, 3.8) is 0 Å². The Morgan fingerprint density at radius 1 is 0.453 bits per heavy atom. The van der Waals surface area contributed by atoms with Gasteiger partial charge in [-0.2, -0.15) is 0 Å². The van der Waals surface area contributed by atoms with Crippen LogP contribution >= 0.6 is 0 Å². The number of hydrogen-bond acceptors (Lipinski definition) is 0. The smallest absolute Gasteiger partial charge is 0.0546 e. The first kappa shape index (κ1) is 38.6. The van der Waals surface area contributed by atoms with E-state index in [1.807, 2.05) is 0 Å². The Morgan fingerprint density at radius 3 is 1.53 bits per heavy atom. The van der Waals surface area contributed by atoms with Crippen molar-refractivity contribution in [2.75, 3.05) is 0 Å². The molecule has 11 rings (SSSR count). The van der Waals surface area contributed by atoms with Crippen LogP contribution in [0.2, 0.25) is 0 Å². The highest BCUT2D eigenvalue weighted by molar-refractivity contribution is 6.24. The Balaban J connectivity index is 1.13. The summed E-state index contributed by atoms with van der Waals surface area (Å²) in [7, 11) is 0. The van der Waals surface area contributed by atoms with Crippen molar-refractivity contribution in [3.8, 4) is 50.2 Å². The number of benzene rings is 10. The van der Waals surface area contributed by atoms with E-state index in [-0.39, 0.29) is 0 Å². The number of aromatic nitrogens is 1. The Hall–Kier alpha value is -8.26. The highest BCUT2D eigenvalue weighted by atomic mass is 15.0. The molecule has 0 aliphatic carbocycles. The maximum Gasteiger partial charge on any atom is 0.0546 e. The third-order valence-corrected chi connectivity index (χ3v) is 12.7. The summed E-state index contributed by atoms with van der Waals surface area (Å²) in [4.78, 5) is 0. The lowest BCUT2D eigenvalue weighted by Crippen LogP contribution is -2.27. The van der Waals surface area contributed by atoms with Gasteiger partial charge in [0.25, 0.3) is 0 Å². The van der Waals surface area contributed by atoms with Crippen LogP contribution in [0, 0.1) is 0 Å². The van der Waals surface area contributed by atoms with E-state index in [9.17, 15) is 0 Å². The summed E-state index contributed by atoms with van der Waals surface area (Å²) in [6, 6.07) is 76.9. The topological polar surface area (TPSA) is 4.93 Å². The van der Waals surface area contributed by atoms with Crippen LogP contribution in [0.3, 0.4) is 0 Å². The van der Waals surface area contributed by atoms with Crippen molar-refractivity contribution in [1.82, 2.24) is 4.57 Å². The van der Waals surface area contributed by atoms with E-state index in [4.69, 9.17) is 13.2 Å². The molecule has 0 fully saturated rings. The molecule has 0 saturated heterocycles. The Labute approximate surface area is 374 Å². The molecule has 0 N–H and O–H groups in total. The van der Waals surface area contributed by atoms with E-state index < -0.39 is 0 Å². The third-order valence-electron chi connectivity index (χ3n) is 12.7. The second-order valence-corrected chi connectivity index (χ2v) is 16.5. The molecule has 1 heterocycles. The number of hydrogen-bond donors (Lipinski definition) is 0. The van der Waals surface area contributed by atoms with Gasteiger partial charge in [-0.15, -0.1) is 0 Å². The first-order chi connectivity index (χ1) is 31.6. The van der Waals surface area contributed by atoms with Crippen molar-refractivity contribution in [2.24, 2.45) is 0 Å². The Bertz CT molecular complexity index is 3630. The molecule has 302 valence electrons. The van der Waals surface area contributed by atoms with Crippen molar-refractivity contribution >= 4 is 67.5 Å². The SMILES string of the molecule is C=C(/C=c1\c(=C)c2c(/C=C\C)cccc2n1-c1ccccc1)c1ccc(-c2c3ccccc3c(-c3cc(-c4ccccc4)cc(-c4ccccc4)c3)c3ccccc23)c2ccccc12. The summed E-state index contributed by atoms with van der Waals surface area (Å²) in [5, 5.41) is 10.4. The molecule has 10 aromatic carbocycles. The van der Waals surface area contributed by atoms with Crippen LogP contribution < -0.4 is 10.6 Å². The van der Waals surface area contributed by atoms with Crippen molar-refractivity contribution in [2.45, 2.75) is 6.92 Å². The van der Waals surface area contributed by atoms with Crippen LogP contribution in [0.25, 0.3) is 118 Å². The fraction of sp³-hybridized carbons (Fsp3) is 0.0159. The maximum atomic E-state index is 4.77. The molecule has 0 saturated carbocycles. The molecule has 0 unspecified atom stereocenters. The molecule has 0 radical (unpaired) electrons. The van der Waals surface area contributed by atoms with Gasteiger partial charge in [0, 0.05) is 16.3 Å². The summed E-state index contributed by atoms with van der Waals surface area (Å²) in [5.74, 6) is 0. The molecule has 64 heavy (non-hydrogen) atoms. The zero-order valence-electron chi connectivity index (χ0n) is 35.8. The lowest BCUT2D eigenvalue weighted by atomic mass is 9.83. The van der Waals surface area contributed by atoms with Crippen LogP contribution in [0.5, 0.6) is 0 Å². The first-order valence-electron chi connectivity index (χ1n) is 22.0. The number of nitrogens with zero attached hydrogens (tertiary/aromatic N) is 1. The number of rotatable bonds is 8. The van der Waals surface area contributed by atoms with Gasteiger partial charge in [0.05, 0.1) is 10.9 Å². The molecule has 11 aromatic rings. The average Bonchev–Trinajstić information content (AvgIpc) is 3.64. The van der Waals surface area contributed by atoms with Crippen LogP contribution in [-0.4, -0.2) is 4.57 Å². The van der Waals surface area contributed by atoms with Crippen molar-refractivity contribution < 1.29 is 0 Å². The second-order valence-electron chi connectivity index (χ2n) is 16.5. The number of allylic oxidation sites excluding steroid dienone is 2. The van der Waals surface area contributed by atoms with Gasteiger partial charge in [0.1, 0.15) is 0 Å². The lowest BCUT2D eigenvalue weighted by Gasteiger charge is -2.20. The average molecular weight is 816 g/mol. The molecule has 1 nitrogen and oxygen atoms in total. The van der Waals surface area contributed by atoms with Crippen LogP contribution in [0.4, 0.5) is 0 Å². The summed E-state index contributed by atoms with van der Waals surface area (Å²) in [6.07, 6.45) is 6.49. The van der Waals surface area contributed by atoms with Gasteiger partial charge in [0.15, 0.2) is 0 Å². The minimum absolute atomic E-state index is 0.929. The monoisotopic (exact) mass is 815 g/mol. The highest BCUT2D eigenvalue weighted by Crippen LogP contribution is 2.47. The van der Waals surface area contributed by atoms with Gasteiger partial charge in [-0.05, 0) is 143 Å². The highest BCUT2D eigenvalue weighted by Gasteiger charge is 2.20. The predicted octanol–water partition coefficient (Wildman–Crippen LogP) is 15.7. The number of para-hydroxylation sites is 1. The summed E-state index contributed by atoms with van der Waals surface area (Å²) >= 11 is 0. The van der Waals surface area contributed by atoms with E-state index in [0.29, 0.717) is 0 Å². The van der Waals surface area contributed by atoms with Gasteiger partial charge < -0.3 is 4.57 Å². The first-order valence-corrected chi connectivity index (χ1v) is 22.0. The standard InChI is InChI=1S/C63H45N/c1-4-21-46-26-20-35-59-61(46)43(3)60(64(59)50-27-12-7-13-28-50)38-42(2)51-36-37-58(53-30-15-14-29-52(51)53)63-56-33-18-16-31-54(56)62(55-32-17-19-34-57(55)63)49-40-47(44-22-8-5-9-23-44)39-48(41-49)45-24-10-6-11-25-45/h4-41H,2-3H2,1H3/b21-4-,60-38+. The lowest BCUT2D eigenvalue weighted by molar-refractivity contribution is 1.07. The van der Waals surface area contributed by atoms with Crippen molar-refractivity contribution in [1.29, 1.82) is 0 Å². The Morgan fingerprint density at radius 2 is 0.953 bits per heavy atom. The molecule has 0 atom stereocenters. The maximum absolute atomic E-state index is 4.77. The van der Waals surface area contributed by atoms with Gasteiger partial charge in [0.2, 0.25) is 0 Å². The minimum atomic E-state index is 0.929. The van der Waals surface area contributed by atoms with Gasteiger partial charge >= 0.3 is 0 Å². The fourth-order valence-electron chi connectivity index (χ4n) is 9.93. The largest absolute Gasteiger partial charge is 0.309 e. The molecular formula is C63H45N. The zero-order chi connectivity index (χ0) is 43.1. The molecule has 1 aromatic heterocycles. The second kappa shape index (κ2) is 16.2. The van der Waals surface area contributed by atoms with E-state index in [2.05, 4.69) is 242 Å². The zero-order valence-corrected chi connectivity index (χ0v) is 35.8. The molecule has 1 heteroatoms. The molecule has 0 aliphatic rings. The van der Waals surface area contributed by atoms with Gasteiger partial charge in [-0.1, -0.05) is 201 Å². The quantitative estimate of drug-likeness (QED) is 0.135. The fourth-order valence-corrected chi connectivity index (χ4v) is 9.93. The summed E-state index contributed by atoms with van der Waals surface area (Å²) in [6.45, 7) is 11.5. The summed E-state index contributed by atoms with van der Waals surface area (Å²) < 4.78 is 2.32. The van der Waals surface area contributed by atoms with Crippen LogP contribution in [0.1, 0.15) is 18.1 Å². The molecule has 0 spiro atoms. The molecule has 0 aliphatic heterocycles. The predicted molar refractivity (Wildman–Crippen MR) is 277 cm³/mol. The van der Waals surface area contributed by atoms with E-state index in [1.54, 1.807) is 0 Å². The van der Waals surface area contributed by atoms with Gasteiger partial charge in [-0.3, -0.25) is 0 Å². The minimum Gasteiger partial charge on any atom is -0.309 e. The molecular weight excluding hydrogens is 771 g/mol. The Kier molecular flexibility index (Phi) is 9.79. The third kappa shape index (κ3) is 6.58.